The Labute approximate surface area is 36.0 Å². The van der Waals surface area contributed by atoms with E-state index in [-0.39, 0.29) is 0 Å². The first kappa shape index (κ1) is 3.59. The third kappa shape index (κ3) is 0.478. The van der Waals surface area contributed by atoms with E-state index in [1.807, 2.05) is 6.92 Å². The van der Waals surface area contributed by atoms with Gasteiger partial charge in [-0.15, -0.1) is 5.11 Å². The summed E-state index contributed by atoms with van der Waals surface area (Å²) < 4.78 is 0. The molecule has 3 heteroatoms. The molecule has 33 valence electrons. The van der Waals surface area contributed by atoms with Crippen LogP contribution < -0.4 is 0 Å². The van der Waals surface area contributed by atoms with Crippen molar-refractivity contribution in [3.05, 3.63) is 6.04 Å². The average molecular weight is 85.1 g/mol. The van der Waals surface area contributed by atoms with Crippen molar-refractivity contribution in [1.29, 1.82) is 0 Å². The lowest BCUT2D eigenvalue weighted by atomic mass is 10.4. The van der Waals surface area contributed by atoms with E-state index in [0.717, 1.165) is 6.04 Å². The molecule has 0 aromatic rings. The topological polar surface area (TPSA) is 34.0 Å². The van der Waals surface area contributed by atoms with Crippen LogP contribution in [0.4, 0.5) is 0 Å². The van der Waals surface area contributed by atoms with E-state index in [2.05, 4.69) is 15.2 Å². The fraction of sp³-hybridized carbons (Fsp3) is 0.667. The molecule has 0 N–H and O–H groups in total. The van der Waals surface area contributed by atoms with Gasteiger partial charge in [-0.2, -0.15) is 0 Å². The number of nitrogens with zero attached hydrogens (tertiary/aromatic N) is 2. The summed E-state index contributed by atoms with van der Waals surface area (Å²) in [6, 6.07) is 0.940. The fourth-order valence-electron chi connectivity index (χ4n) is 0.250. The van der Waals surface area contributed by atoms with E-state index in [1.165, 1.54) is 0 Å². The van der Waals surface area contributed by atoms with Gasteiger partial charge < -0.3 is 4.84 Å². The Morgan fingerprint density at radius 3 is 2.83 bits per heavy atom. The molecule has 1 aliphatic heterocycles. The van der Waals surface area contributed by atoms with Crippen molar-refractivity contribution in [3.63, 3.8) is 0 Å². The van der Waals surface area contributed by atoms with Gasteiger partial charge in [0.05, 0.1) is 0 Å². The molecule has 6 heavy (non-hydrogen) atoms. The van der Waals surface area contributed by atoms with Crippen LogP contribution in [-0.4, -0.2) is 6.61 Å². The van der Waals surface area contributed by atoms with Crippen molar-refractivity contribution < 1.29 is 4.84 Å². The maximum atomic E-state index is 4.48. The summed E-state index contributed by atoms with van der Waals surface area (Å²) in [6.07, 6.45) is 0. The van der Waals surface area contributed by atoms with Crippen molar-refractivity contribution in [2.75, 3.05) is 6.61 Å². The van der Waals surface area contributed by atoms with Crippen molar-refractivity contribution in [3.8, 4) is 0 Å². The summed E-state index contributed by atoms with van der Waals surface area (Å²) in [4.78, 5) is 4.48. The molecular weight excluding hydrogens is 80.0 g/mol. The van der Waals surface area contributed by atoms with Crippen LogP contribution >= 0.6 is 0 Å². The molecule has 0 bridgehead atoms. The molecule has 0 spiro atoms. The second kappa shape index (κ2) is 1.24. The molecule has 0 atom stereocenters. The molecule has 1 rings (SSSR count). The van der Waals surface area contributed by atoms with Crippen LogP contribution in [-0.2, 0) is 4.84 Å². The number of rotatable bonds is 0. The SMILES string of the molecule is C[C]1CON=N1. The molecule has 0 amide bonds. The molecule has 0 aliphatic carbocycles. The standard InChI is InChI=1S/C3H5N2O/c1-3-2-6-5-4-3/h2H2,1H3. The van der Waals surface area contributed by atoms with Gasteiger partial charge in [-0.05, 0) is 6.92 Å². The van der Waals surface area contributed by atoms with Crippen molar-refractivity contribution >= 4 is 0 Å². The van der Waals surface area contributed by atoms with Crippen LogP contribution in [0.3, 0.4) is 0 Å². The highest BCUT2D eigenvalue weighted by molar-refractivity contribution is 4.79. The smallest absolute Gasteiger partial charge is 0.149 e. The van der Waals surface area contributed by atoms with E-state index < -0.39 is 0 Å². The number of hydrogen-bond acceptors (Lipinski definition) is 3. The van der Waals surface area contributed by atoms with Crippen molar-refractivity contribution in [2.45, 2.75) is 6.92 Å². The number of hydrogen-bond donors (Lipinski definition) is 0. The normalized spacial score (nSPS) is 21.5. The summed E-state index contributed by atoms with van der Waals surface area (Å²) in [7, 11) is 0. The third-order valence-electron chi connectivity index (χ3n) is 0.543. The van der Waals surface area contributed by atoms with Gasteiger partial charge in [0.2, 0.25) is 0 Å². The minimum atomic E-state index is 0.569. The predicted molar refractivity (Wildman–Crippen MR) is 19.7 cm³/mol. The van der Waals surface area contributed by atoms with E-state index in [1.54, 1.807) is 0 Å². The van der Waals surface area contributed by atoms with Gasteiger partial charge in [0.25, 0.3) is 0 Å². The molecule has 0 aromatic heterocycles. The third-order valence-corrected chi connectivity index (χ3v) is 0.543. The van der Waals surface area contributed by atoms with Crippen LogP contribution in [0.5, 0.6) is 0 Å². The van der Waals surface area contributed by atoms with E-state index >= 15 is 0 Å². The Balaban J connectivity index is 2.38. The van der Waals surface area contributed by atoms with Gasteiger partial charge in [0.15, 0.2) is 0 Å². The van der Waals surface area contributed by atoms with Gasteiger partial charge in [-0.1, -0.05) is 0 Å². The first-order valence-electron chi connectivity index (χ1n) is 1.75. The van der Waals surface area contributed by atoms with Gasteiger partial charge in [-0.3, -0.25) is 0 Å². The molecule has 0 saturated heterocycles. The van der Waals surface area contributed by atoms with Crippen LogP contribution in [0.1, 0.15) is 6.92 Å². The van der Waals surface area contributed by atoms with Crippen LogP contribution in [0.2, 0.25) is 0 Å². The van der Waals surface area contributed by atoms with Gasteiger partial charge in [-0.25, -0.2) is 0 Å². The van der Waals surface area contributed by atoms with E-state index in [0.29, 0.717) is 6.61 Å². The van der Waals surface area contributed by atoms with Crippen LogP contribution in [0.15, 0.2) is 10.4 Å². The molecule has 1 radical (unpaired) electrons. The first-order chi connectivity index (χ1) is 2.89. The highest BCUT2D eigenvalue weighted by atomic mass is 16.7. The minimum absolute atomic E-state index is 0.569. The molecular formula is C3H5N2O. The quantitative estimate of drug-likeness (QED) is 0.431. The molecule has 1 heterocycles. The summed E-state index contributed by atoms with van der Waals surface area (Å²) in [5, 5.41) is 6.81. The maximum Gasteiger partial charge on any atom is 0.149 e. The summed E-state index contributed by atoms with van der Waals surface area (Å²) in [6.45, 7) is 2.44. The summed E-state index contributed by atoms with van der Waals surface area (Å²) >= 11 is 0. The van der Waals surface area contributed by atoms with Crippen molar-refractivity contribution in [1.82, 2.24) is 0 Å². The first-order valence-corrected chi connectivity index (χ1v) is 1.75. The van der Waals surface area contributed by atoms with E-state index in [9.17, 15) is 0 Å². The molecule has 0 fully saturated rings. The summed E-state index contributed by atoms with van der Waals surface area (Å²) in [5.41, 5.74) is 0. The Bertz CT molecular complexity index is 71.2. The molecule has 0 aromatic carbocycles. The van der Waals surface area contributed by atoms with Gasteiger partial charge >= 0.3 is 0 Å². The van der Waals surface area contributed by atoms with Gasteiger partial charge in [0.1, 0.15) is 12.6 Å². The predicted octanol–water partition coefficient (Wildman–Crippen LogP) is 0.936. The largest absolute Gasteiger partial charge is 0.377 e. The van der Waals surface area contributed by atoms with Crippen molar-refractivity contribution in [2.24, 2.45) is 10.4 Å². The Morgan fingerprint density at radius 1 is 1.83 bits per heavy atom. The van der Waals surface area contributed by atoms with Crippen LogP contribution in [0.25, 0.3) is 0 Å². The second-order valence-electron chi connectivity index (χ2n) is 1.19. The highest BCUT2D eigenvalue weighted by Crippen LogP contribution is 2.07. The second-order valence-corrected chi connectivity index (χ2v) is 1.19. The summed E-state index contributed by atoms with van der Waals surface area (Å²) in [5.74, 6) is 0. The highest BCUT2D eigenvalue weighted by Gasteiger charge is 2.05. The molecule has 1 aliphatic rings. The zero-order chi connectivity index (χ0) is 4.41. The van der Waals surface area contributed by atoms with Crippen LogP contribution in [0, 0.1) is 6.04 Å². The zero-order valence-corrected chi connectivity index (χ0v) is 3.51. The monoisotopic (exact) mass is 85.0 g/mol. The molecule has 3 nitrogen and oxygen atoms in total. The van der Waals surface area contributed by atoms with E-state index in [4.69, 9.17) is 0 Å². The average Bonchev–Trinajstić information content (AvgIpc) is 1.86. The minimum Gasteiger partial charge on any atom is -0.377 e. The lowest BCUT2D eigenvalue weighted by Crippen LogP contribution is -1.85. The maximum absolute atomic E-state index is 4.48. The Morgan fingerprint density at radius 2 is 2.67 bits per heavy atom. The molecule has 0 unspecified atom stereocenters. The lowest BCUT2D eigenvalue weighted by Gasteiger charge is -1.82. The lowest BCUT2D eigenvalue weighted by molar-refractivity contribution is 0.175. The Kier molecular flexibility index (Phi) is 0.742. The molecule has 0 saturated carbocycles. The Hall–Kier alpha value is -0.600. The fourth-order valence-corrected chi connectivity index (χ4v) is 0.250. The van der Waals surface area contributed by atoms with Gasteiger partial charge in [0, 0.05) is 5.28 Å². The zero-order valence-electron chi connectivity index (χ0n) is 3.51.